The smallest absolute Gasteiger partial charge is 0.417 e. The number of alkyl halides is 3. The highest BCUT2D eigenvalue weighted by molar-refractivity contribution is 7.92. The van der Waals surface area contributed by atoms with Crippen LogP contribution in [0.2, 0.25) is 0 Å². The summed E-state index contributed by atoms with van der Waals surface area (Å²) in [4.78, 5) is 12.0. The molecule has 0 fully saturated rings. The summed E-state index contributed by atoms with van der Waals surface area (Å²) in [5.74, 6) is -1.85. The standard InChI is InChI=1S/C24H22F4N6O3S/c1-3-7-38(35,36)34-17-6-4-5-13(20(17)25)12-8-14-21(18(9-12)37-2)32-23(33-22(14)30)15-11-31-19(29)10-16(15)24(26,27)28/h4-6,8-11,34H,3,7H2,1-2H3,(H2,29,31)(H2,30,32,33). The third-order valence-electron chi connectivity index (χ3n) is 5.53. The van der Waals surface area contributed by atoms with E-state index in [-0.39, 0.29) is 56.7 Å². The predicted octanol–water partition coefficient (Wildman–Crippen LogP) is 4.84. The lowest BCUT2D eigenvalue weighted by atomic mass is 10.0. The molecule has 0 amide bonds. The SMILES string of the molecule is CCCS(=O)(=O)Nc1cccc(-c2cc(OC)c3nc(-c4cnc(N)cc4C(F)(F)F)nc(N)c3c2)c1F. The molecule has 0 bridgehead atoms. The van der Waals surface area contributed by atoms with Gasteiger partial charge in [-0.2, -0.15) is 13.2 Å². The molecule has 4 aromatic rings. The maximum Gasteiger partial charge on any atom is 0.417 e. The van der Waals surface area contributed by atoms with Crippen LogP contribution >= 0.6 is 0 Å². The summed E-state index contributed by atoms with van der Waals surface area (Å²) in [5, 5.41) is 0.177. The Morgan fingerprint density at radius 1 is 1.08 bits per heavy atom. The number of anilines is 3. The number of nitrogens with zero attached hydrogens (tertiary/aromatic N) is 3. The molecule has 0 spiro atoms. The first-order valence-electron chi connectivity index (χ1n) is 11.1. The highest BCUT2D eigenvalue weighted by Gasteiger charge is 2.35. The van der Waals surface area contributed by atoms with Crippen molar-refractivity contribution in [1.82, 2.24) is 15.0 Å². The van der Waals surface area contributed by atoms with E-state index in [2.05, 4.69) is 19.7 Å². The van der Waals surface area contributed by atoms with E-state index in [1.54, 1.807) is 6.92 Å². The molecular formula is C24H22F4N6O3S. The van der Waals surface area contributed by atoms with Crippen molar-refractivity contribution in [1.29, 1.82) is 0 Å². The van der Waals surface area contributed by atoms with Crippen LogP contribution in [-0.2, 0) is 16.2 Å². The summed E-state index contributed by atoms with van der Waals surface area (Å²) in [7, 11) is -2.46. The van der Waals surface area contributed by atoms with Gasteiger partial charge >= 0.3 is 6.18 Å². The van der Waals surface area contributed by atoms with E-state index >= 15 is 4.39 Å². The van der Waals surface area contributed by atoms with Gasteiger partial charge in [-0.15, -0.1) is 0 Å². The molecule has 5 N–H and O–H groups in total. The fourth-order valence-corrected chi connectivity index (χ4v) is 4.99. The maximum atomic E-state index is 15.4. The molecule has 0 unspecified atom stereocenters. The van der Waals surface area contributed by atoms with E-state index in [1.165, 1.54) is 37.4 Å². The Balaban J connectivity index is 1.88. The number of nitrogens with one attached hydrogen (secondary N) is 1. The summed E-state index contributed by atoms with van der Waals surface area (Å²) >= 11 is 0. The Morgan fingerprint density at radius 3 is 2.47 bits per heavy atom. The van der Waals surface area contributed by atoms with E-state index in [0.29, 0.717) is 12.5 Å². The number of pyridine rings is 1. The largest absolute Gasteiger partial charge is 0.494 e. The van der Waals surface area contributed by atoms with Crippen LogP contribution in [0.5, 0.6) is 5.75 Å². The molecule has 9 nitrogen and oxygen atoms in total. The molecular weight excluding hydrogens is 528 g/mol. The van der Waals surface area contributed by atoms with Gasteiger partial charge in [-0.3, -0.25) is 4.72 Å². The number of hydrogen-bond acceptors (Lipinski definition) is 8. The number of aromatic nitrogens is 3. The highest BCUT2D eigenvalue weighted by atomic mass is 32.2. The number of ether oxygens (including phenoxy) is 1. The van der Waals surface area contributed by atoms with Gasteiger partial charge in [0.15, 0.2) is 11.6 Å². The van der Waals surface area contributed by atoms with Crippen molar-refractivity contribution in [3.63, 3.8) is 0 Å². The van der Waals surface area contributed by atoms with Crippen molar-refractivity contribution < 1.29 is 30.7 Å². The zero-order valence-electron chi connectivity index (χ0n) is 20.1. The quantitative estimate of drug-likeness (QED) is 0.277. The molecule has 2 aromatic heterocycles. The number of methoxy groups -OCH3 is 1. The van der Waals surface area contributed by atoms with E-state index in [9.17, 15) is 21.6 Å². The summed E-state index contributed by atoms with van der Waals surface area (Å²) in [6.45, 7) is 1.68. The average Bonchev–Trinajstić information content (AvgIpc) is 2.84. The Kier molecular flexibility index (Phi) is 7.02. The maximum absolute atomic E-state index is 15.4. The van der Waals surface area contributed by atoms with Crippen LogP contribution in [0, 0.1) is 5.82 Å². The number of halogens is 4. The van der Waals surface area contributed by atoms with E-state index in [4.69, 9.17) is 16.2 Å². The van der Waals surface area contributed by atoms with Gasteiger partial charge < -0.3 is 16.2 Å². The molecule has 0 atom stereocenters. The van der Waals surface area contributed by atoms with Crippen LogP contribution in [0.25, 0.3) is 33.4 Å². The number of sulfonamides is 1. The first kappa shape index (κ1) is 26.9. The zero-order chi connectivity index (χ0) is 27.8. The normalized spacial score (nSPS) is 12.1. The van der Waals surface area contributed by atoms with Gasteiger partial charge in [0.2, 0.25) is 10.0 Å². The number of hydrogen-bond donors (Lipinski definition) is 3. The van der Waals surface area contributed by atoms with Gasteiger partial charge in [-0.25, -0.2) is 27.8 Å². The Hall–Kier alpha value is -4.20. The van der Waals surface area contributed by atoms with Gasteiger partial charge in [0, 0.05) is 22.7 Å². The van der Waals surface area contributed by atoms with Crippen LogP contribution < -0.4 is 20.9 Å². The van der Waals surface area contributed by atoms with Gasteiger partial charge in [0.25, 0.3) is 0 Å². The van der Waals surface area contributed by atoms with Gasteiger partial charge in [-0.05, 0) is 36.2 Å². The lowest BCUT2D eigenvalue weighted by Gasteiger charge is -2.15. The molecule has 0 saturated carbocycles. The fraction of sp³-hybridized carbons (Fsp3) is 0.208. The highest BCUT2D eigenvalue weighted by Crippen LogP contribution is 2.40. The van der Waals surface area contributed by atoms with Crippen molar-refractivity contribution in [2.45, 2.75) is 19.5 Å². The average molecular weight is 551 g/mol. The molecule has 14 heteroatoms. The first-order chi connectivity index (χ1) is 17.8. The lowest BCUT2D eigenvalue weighted by molar-refractivity contribution is -0.137. The third-order valence-corrected chi connectivity index (χ3v) is 7.01. The number of nitrogens with two attached hydrogens (primary N) is 2. The second kappa shape index (κ2) is 9.93. The number of fused-ring (bicyclic) bond motifs is 1. The molecule has 200 valence electrons. The van der Waals surface area contributed by atoms with Gasteiger partial charge in [-0.1, -0.05) is 19.1 Å². The Bertz CT molecular complexity index is 1650. The number of nitrogen functional groups attached to an aromatic ring is 2. The first-order valence-corrected chi connectivity index (χ1v) is 12.8. The summed E-state index contributed by atoms with van der Waals surface area (Å²) in [6, 6.07) is 7.69. The lowest BCUT2D eigenvalue weighted by Crippen LogP contribution is -2.17. The monoisotopic (exact) mass is 550 g/mol. The molecule has 4 rings (SSSR count). The Morgan fingerprint density at radius 2 is 1.82 bits per heavy atom. The fourth-order valence-electron chi connectivity index (χ4n) is 3.86. The van der Waals surface area contributed by atoms with Crippen LogP contribution in [0.15, 0.2) is 42.6 Å². The van der Waals surface area contributed by atoms with E-state index in [0.717, 1.165) is 6.20 Å². The van der Waals surface area contributed by atoms with E-state index in [1.807, 2.05) is 0 Å². The molecule has 38 heavy (non-hydrogen) atoms. The molecule has 2 aromatic carbocycles. The predicted molar refractivity (Wildman–Crippen MR) is 136 cm³/mol. The van der Waals surface area contributed by atoms with Crippen LogP contribution in [0.1, 0.15) is 18.9 Å². The summed E-state index contributed by atoms with van der Waals surface area (Å²) in [5.41, 5.74) is 10.1. The Labute approximate surface area is 214 Å². The minimum atomic E-state index is -4.77. The summed E-state index contributed by atoms with van der Waals surface area (Å²) < 4.78 is 88.3. The van der Waals surface area contributed by atoms with Crippen molar-refractivity contribution in [2.24, 2.45) is 0 Å². The topological polar surface area (TPSA) is 146 Å². The number of rotatable bonds is 7. The van der Waals surface area contributed by atoms with Crippen LogP contribution in [-0.4, -0.2) is 36.2 Å². The molecule has 0 saturated heterocycles. The molecule has 2 heterocycles. The molecule has 0 radical (unpaired) electrons. The molecule has 0 aliphatic heterocycles. The van der Waals surface area contributed by atoms with Crippen LogP contribution in [0.3, 0.4) is 0 Å². The van der Waals surface area contributed by atoms with Crippen molar-refractivity contribution in [3.05, 3.63) is 54.0 Å². The van der Waals surface area contributed by atoms with Crippen molar-refractivity contribution in [2.75, 3.05) is 29.1 Å². The zero-order valence-corrected chi connectivity index (χ0v) is 20.9. The molecule has 0 aliphatic carbocycles. The molecule has 0 aliphatic rings. The third kappa shape index (κ3) is 5.25. The summed E-state index contributed by atoms with van der Waals surface area (Å²) in [6.07, 6.45) is -3.52. The minimum absolute atomic E-state index is 0.0208. The van der Waals surface area contributed by atoms with Crippen molar-refractivity contribution >= 4 is 38.2 Å². The van der Waals surface area contributed by atoms with E-state index < -0.39 is 33.1 Å². The van der Waals surface area contributed by atoms with Gasteiger partial charge in [0.1, 0.15) is 22.9 Å². The second-order valence-electron chi connectivity index (χ2n) is 8.25. The minimum Gasteiger partial charge on any atom is -0.494 e. The van der Waals surface area contributed by atoms with Gasteiger partial charge in [0.05, 0.1) is 24.1 Å². The second-order valence-corrected chi connectivity index (χ2v) is 10.1. The number of benzene rings is 2. The van der Waals surface area contributed by atoms with Crippen molar-refractivity contribution in [3.8, 4) is 28.3 Å². The van der Waals surface area contributed by atoms with Crippen LogP contribution in [0.4, 0.5) is 34.9 Å².